The van der Waals surface area contributed by atoms with E-state index in [1.54, 1.807) is 12.4 Å². The molecule has 0 radical (unpaired) electrons. The fraction of sp³-hybridized carbons (Fsp3) is 0.706. The van der Waals surface area contributed by atoms with Crippen molar-refractivity contribution < 1.29 is 14.3 Å². The summed E-state index contributed by atoms with van der Waals surface area (Å²) < 4.78 is 12.0. The van der Waals surface area contributed by atoms with Crippen molar-refractivity contribution in [2.75, 3.05) is 19.7 Å². The number of amides is 1. The molecular formula is C17H23N3O3. The third-order valence-corrected chi connectivity index (χ3v) is 5.19. The van der Waals surface area contributed by atoms with E-state index in [0.717, 1.165) is 31.4 Å². The first kappa shape index (κ1) is 14.9. The van der Waals surface area contributed by atoms with Crippen LogP contribution in [-0.4, -0.2) is 52.2 Å². The molecule has 6 heteroatoms. The second-order valence-corrected chi connectivity index (χ2v) is 7.08. The van der Waals surface area contributed by atoms with E-state index in [1.165, 1.54) is 6.42 Å². The molecule has 0 aromatic carbocycles. The van der Waals surface area contributed by atoms with Crippen LogP contribution >= 0.6 is 0 Å². The number of nitrogens with zero attached hydrogens (tertiary/aromatic N) is 3. The van der Waals surface area contributed by atoms with Gasteiger partial charge in [-0.25, -0.2) is 4.98 Å². The Hall–Kier alpha value is -1.69. The number of carbonyl (C=O) groups excluding carboxylic acids is 1. The van der Waals surface area contributed by atoms with Crippen LogP contribution in [-0.2, 0) is 9.53 Å². The molecule has 4 rings (SSSR count). The molecule has 1 atom stereocenters. The molecule has 3 fully saturated rings. The Kier molecular flexibility index (Phi) is 3.71. The van der Waals surface area contributed by atoms with Gasteiger partial charge >= 0.3 is 0 Å². The van der Waals surface area contributed by atoms with E-state index in [9.17, 15) is 4.79 Å². The van der Waals surface area contributed by atoms with Gasteiger partial charge in [-0.15, -0.1) is 0 Å². The van der Waals surface area contributed by atoms with E-state index in [1.807, 2.05) is 11.8 Å². The van der Waals surface area contributed by atoms with Crippen molar-refractivity contribution in [3.8, 4) is 5.88 Å². The van der Waals surface area contributed by atoms with Crippen molar-refractivity contribution in [3.63, 3.8) is 0 Å². The van der Waals surface area contributed by atoms with Crippen LogP contribution in [0.15, 0.2) is 12.4 Å². The average molecular weight is 317 g/mol. The molecule has 1 aromatic heterocycles. The van der Waals surface area contributed by atoms with Gasteiger partial charge in [0.1, 0.15) is 11.7 Å². The van der Waals surface area contributed by atoms with Gasteiger partial charge in [-0.3, -0.25) is 9.78 Å². The van der Waals surface area contributed by atoms with Gasteiger partial charge in [0.2, 0.25) is 11.8 Å². The monoisotopic (exact) mass is 317 g/mol. The van der Waals surface area contributed by atoms with E-state index in [-0.39, 0.29) is 17.6 Å². The number of ether oxygens (including phenoxy) is 2. The summed E-state index contributed by atoms with van der Waals surface area (Å²) in [6, 6.07) is 0. The first-order chi connectivity index (χ1) is 11.1. The molecule has 3 heterocycles. The predicted molar refractivity (Wildman–Crippen MR) is 83.0 cm³/mol. The molecule has 1 spiro atoms. The molecule has 3 aliphatic rings. The fourth-order valence-electron chi connectivity index (χ4n) is 3.69. The lowest BCUT2D eigenvalue weighted by Crippen LogP contribution is -2.68. The minimum Gasteiger partial charge on any atom is -0.473 e. The van der Waals surface area contributed by atoms with E-state index >= 15 is 0 Å². The molecule has 1 aromatic rings. The molecule has 1 aliphatic carbocycles. The van der Waals surface area contributed by atoms with Crippen molar-refractivity contribution in [2.45, 2.75) is 50.7 Å². The van der Waals surface area contributed by atoms with E-state index in [2.05, 4.69) is 9.97 Å². The van der Waals surface area contributed by atoms with E-state index < -0.39 is 0 Å². The van der Waals surface area contributed by atoms with Crippen LogP contribution in [0.1, 0.15) is 37.8 Å². The topological polar surface area (TPSA) is 64.6 Å². The lowest BCUT2D eigenvalue weighted by Gasteiger charge is -2.54. The third-order valence-electron chi connectivity index (χ3n) is 5.19. The zero-order valence-corrected chi connectivity index (χ0v) is 13.5. The van der Waals surface area contributed by atoms with Crippen LogP contribution in [0, 0.1) is 12.8 Å². The second-order valence-electron chi connectivity index (χ2n) is 7.08. The maximum absolute atomic E-state index is 12.3. The largest absolute Gasteiger partial charge is 0.473 e. The Morgan fingerprint density at radius 1 is 1.35 bits per heavy atom. The number of aromatic nitrogens is 2. The summed E-state index contributed by atoms with van der Waals surface area (Å²) in [5.41, 5.74) is 0.643. The maximum Gasteiger partial charge on any atom is 0.232 e. The SMILES string of the molecule is Cc1cncc(O[C@H]2CCOC3(C2)CN(C(=O)C2CCC2)C3)n1. The summed E-state index contributed by atoms with van der Waals surface area (Å²) in [6.45, 7) is 4.00. The molecule has 2 saturated heterocycles. The molecular weight excluding hydrogens is 294 g/mol. The first-order valence-corrected chi connectivity index (χ1v) is 8.52. The Morgan fingerprint density at radius 3 is 2.87 bits per heavy atom. The number of carbonyl (C=O) groups is 1. The van der Waals surface area contributed by atoms with Crippen LogP contribution in [0.4, 0.5) is 0 Å². The Morgan fingerprint density at radius 2 is 2.17 bits per heavy atom. The average Bonchev–Trinajstić information content (AvgIpc) is 2.43. The molecule has 0 bridgehead atoms. The smallest absolute Gasteiger partial charge is 0.232 e. The molecule has 124 valence electrons. The third kappa shape index (κ3) is 2.92. The summed E-state index contributed by atoms with van der Waals surface area (Å²) in [5, 5.41) is 0. The highest BCUT2D eigenvalue weighted by Crippen LogP contribution is 2.38. The standard InChI is InChI=1S/C17H23N3O3/c1-12-8-18-9-15(19-12)23-14-5-6-22-17(7-14)10-20(11-17)16(21)13-3-2-4-13/h8-9,13-14H,2-7,10-11H2,1H3/t14-/m0/s1. The van der Waals surface area contributed by atoms with Crippen molar-refractivity contribution in [1.82, 2.24) is 14.9 Å². The maximum atomic E-state index is 12.3. The minimum atomic E-state index is -0.209. The Balaban J connectivity index is 1.34. The van der Waals surface area contributed by atoms with Crippen LogP contribution in [0.3, 0.4) is 0 Å². The minimum absolute atomic E-state index is 0.0841. The molecule has 0 N–H and O–H groups in total. The van der Waals surface area contributed by atoms with Crippen molar-refractivity contribution >= 4 is 5.91 Å². The predicted octanol–water partition coefficient (Wildman–Crippen LogP) is 1.72. The zero-order chi connectivity index (χ0) is 15.9. The summed E-state index contributed by atoms with van der Waals surface area (Å²) in [7, 11) is 0. The van der Waals surface area contributed by atoms with Crippen LogP contribution in [0.25, 0.3) is 0 Å². The summed E-state index contributed by atoms with van der Waals surface area (Å²) in [5.74, 6) is 1.16. The van der Waals surface area contributed by atoms with Gasteiger partial charge < -0.3 is 14.4 Å². The van der Waals surface area contributed by atoms with Crippen molar-refractivity contribution in [1.29, 1.82) is 0 Å². The quantitative estimate of drug-likeness (QED) is 0.849. The number of rotatable bonds is 3. The molecule has 1 amide bonds. The highest BCUT2D eigenvalue weighted by atomic mass is 16.5. The van der Waals surface area contributed by atoms with Gasteiger partial charge in [0.15, 0.2) is 0 Å². The van der Waals surface area contributed by atoms with Gasteiger partial charge in [-0.05, 0) is 19.8 Å². The lowest BCUT2D eigenvalue weighted by atomic mass is 9.80. The van der Waals surface area contributed by atoms with Crippen LogP contribution in [0.5, 0.6) is 5.88 Å². The number of hydrogen-bond donors (Lipinski definition) is 0. The highest BCUT2D eigenvalue weighted by Gasteiger charge is 2.51. The summed E-state index contributed by atoms with van der Waals surface area (Å²) in [6.07, 6.45) is 8.43. The Bertz CT molecular complexity index is 597. The zero-order valence-electron chi connectivity index (χ0n) is 13.5. The molecule has 2 aliphatic heterocycles. The van der Waals surface area contributed by atoms with Crippen molar-refractivity contribution in [3.05, 3.63) is 18.1 Å². The molecule has 1 saturated carbocycles. The van der Waals surface area contributed by atoms with Crippen LogP contribution in [0.2, 0.25) is 0 Å². The van der Waals surface area contributed by atoms with E-state index in [0.29, 0.717) is 31.5 Å². The molecule has 0 unspecified atom stereocenters. The highest BCUT2D eigenvalue weighted by molar-refractivity contribution is 5.80. The van der Waals surface area contributed by atoms with Gasteiger partial charge in [-0.2, -0.15) is 0 Å². The van der Waals surface area contributed by atoms with E-state index in [4.69, 9.17) is 9.47 Å². The van der Waals surface area contributed by atoms with Gasteiger partial charge in [0.25, 0.3) is 0 Å². The molecule has 6 nitrogen and oxygen atoms in total. The van der Waals surface area contributed by atoms with Gasteiger partial charge in [0, 0.05) is 25.0 Å². The lowest BCUT2D eigenvalue weighted by molar-refractivity contribution is -0.197. The number of hydrogen-bond acceptors (Lipinski definition) is 5. The fourth-order valence-corrected chi connectivity index (χ4v) is 3.69. The van der Waals surface area contributed by atoms with Crippen LogP contribution < -0.4 is 4.74 Å². The Labute approximate surface area is 136 Å². The molecule has 23 heavy (non-hydrogen) atoms. The first-order valence-electron chi connectivity index (χ1n) is 8.52. The van der Waals surface area contributed by atoms with Gasteiger partial charge in [0.05, 0.1) is 31.6 Å². The summed E-state index contributed by atoms with van der Waals surface area (Å²) >= 11 is 0. The number of aryl methyl sites for hydroxylation is 1. The normalized spacial score (nSPS) is 26.5. The number of likely N-dealkylation sites (tertiary alicyclic amines) is 1. The summed E-state index contributed by atoms with van der Waals surface area (Å²) in [4.78, 5) is 22.7. The van der Waals surface area contributed by atoms with Gasteiger partial charge in [-0.1, -0.05) is 6.42 Å². The second kappa shape index (κ2) is 5.74. The van der Waals surface area contributed by atoms with Crippen molar-refractivity contribution in [2.24, 2.45) is 5.92 Å².